The zero-order valence-corrected chi connectivity index (χ0v) is 13.3. The summed E-state index contributed by atoms with van der Waals surface area (Å²) in [5.41, 5.74) is 11.2. The number of thiocarbonyl (C=S) groups is 1. The van der Waals surface area contributed by atoms with Crippen molar-refractivity contribution in [2.24, 2.45) is 11.5 Å². The zero-order chi connectivity index (χ0) is 15.8. The largest absolute Gasteiger partial charge is 0.389 e. The molecule has 1 aromatic carbocycles. The van der Waals surface area contributed by atoms with Crippen LogP contribution in [0.3, 0.4) is 0 Å². The van der Waals surface area contributed by atoms with Gasteiger partial charge in [0.25, 0.3) is 0 Å². The van der Waals surface area contributed by atoms with Gasteiger partial charge in [-0.3, -0.25) is 4.79 Å². The molecule has 1 atom stereocenters. The predicted molar refractivity (Wildman–Crippen MR) is 83.4 cm³/mol. The number of sulfonamides is 1. The van der Waals surface area contributed by atoms with Crippen molar-refractivity contribution in [3.05, 3.63) is 28.8 Å². The third kappa shape index (κ3) is 3.03. The van der Waals surface area contributed by atoms with Crippen molar-refractivity contribution in [3.63, 3.8) is 0 Å². The van der Waals surface area contributed by atoms with Crippen molar-refractivity contribution in [2.45, 2.75) is 23.8 Å². The van der Waals surface area contributed by atoms with E-state index in [1.54, 1.807) is 0 Å². The Morgan fingerprint density at radius 1 is 1.38 bits per heavy atom. The van der Waals surface area contributed by atoms with Gasteiger partial charge in [-0.25, -0.2) is 8.42 Å². The number of rotatable bonds is 4. The summed E-state index contributed by atoms with van der Waals surface area (Å²) in [5.74, 6) is -0.660. The molecule has 0 aliphatic carbocycles. The van der Waals surface area contributed by atoms with Crippen LogP contribution in [0.2, 0.25) is 5.02 Å². The molecule has 0 spiro atoms. The molecule has 4 N–H and O–H groups in total. The number of carbonyl (C=O) groups excluding carboxylic acids is 1. The molecule has 9 heteroatoms. The number of hydrogen-bond donors (Lipinski definition) is 2. The van der Waals surface area contributed by atoms with Gasteiger partial charge in [-0.2, -0.15) is 4.31 Å². The fraction of sp³-hybridized carbons (Fsp3) is 0.333. The second kappa shape index (κ2) is 5.88. The molecular formula is C12H14ClN3O3S2. The molecule has 1 unspecified atom stereocenters. The number of nitrogens with zero attached hydrogens (tertiary/aromatic N) is 1. The topological polar surface area (TPSA) is 106 Å². The van der Waals surface area contributed by atoms with Gasteiger partial charge in [0.1, 0.15) is 15.9 Å². The van der Waals surface area contributed by atoms with E-state index in [1.165, 1.54) is 18.2 Å². The molecule has 21 heavy (non-hydrogen) atoms. The second-order valence-electron chi connectivity index (χ2n) is 4.69. The summed E-state index contributed by atoms with van der Waals surface area (Å²) >= 11 is 10.8. The van der Waals surface area contributed by atoms with Crippen molar-refractivity contribution in [1.29, 1.82) is 0 Å². The molecule has 1 aromatic rings. The maximum Gasteiger partial charge on any atom is 0.245 e. The summed E-state index contributed by atoms with van der Waals surface area (Å²) in [6.45, 7) is 0.239. The zero-order valence-electron chi connectivity index (χ0n) is 11.0. The smallest absolute Gasteiger partial charge is 0.245 e. The van der Waals surface area contributed by atoms with Crippen LogP contribution in [0.25, 0.3) is 0 Å². The minimum absolute atomic E-state index is 0.00965. The summed E-state index contributed by atoms with van der Waals surface area (Å²) < 4.78 is 26.3. The van der Waals surface area contributed by atoms with E-state index in [-0.39, 0.29) is 21.5 Å². The fourth-order valence-electron chi connectivity index (χ4n) is 2.30. The first-order valence-electron chi connectivity index (χ1n) is 6.15. The Balaban J connectivity index is 2.45. The van der Waals surface area contributed by atoms with Crippen molar-refractivity contribution >= 4 is 44.7 Å². The monoisotopic (exact) mass is 347 g/mol. The lowest BCUT2D eigenvalue weighted by atomic mass is 10.2. The maximum absolute atomic E-state index is 12.6. The molecule has 0 bridgehead atoms. The van der Waals surface area contributed by atoms with Gasteiger partial charge < -0.3 is 11.5 Å². The van der Waals surface area contributed by atoms with Crippen molar-refractivity contribution in [3.8, 4) is 0 Å². The SMILES string of the molecule is NC(=O)C1CCCN1S(=O)(=O)c1ccc(C(N)=S)cc1Cl. The molecule has 1 heterocycles. The first-order chi connectivity index (χ1) is 9.75. The molecule has 1 aliphatic heterocycles. The Hall–Kier alpha value is -1.22. The Labute approximate surface area is 133 Å². The van der Waals surface area contributed by atoms with Gasteiger partial charge >= 0.3 is 0 Å². The van der Waals surface area contributed by atoms with E-state index in [4.69, 9.17) is 35.3 Å². The predicted octanol–water partition coefficient (Wildman–Crippen LogP) is 0.613. The third-order valence-electron chi connectivity index (χ3n) is 3.34. The molecule has 6 nitrogen and oxygen atoms in total. The van der Waals surface area contributed by atoms with Gasteiger partial charge in [0, 0.05) is 12.1 Å². The number of hydrogen-bond acceptors (Lipinski definition) is 4. The number of amides is 1. The van der Waals surface area contributed by atoms with Gasteiger partial charge in [-0.05, 0) is 25.0 Å². The molecule has 0 aromatic heterocycles. The highest BCUT2D eigenvalue weighted by molar-refractivity contribution is 7.89. The van der Waals surface area contributed by atoms with Crippen molar-refractivity contribution in [2.75, 3.05) is 6.54 Å². The molecule has 1 saturated heterocycles. The van der Waals surface area contributed by atoms with Crippen molar-refractivity contribution < 1.29 is 13.2 Å². The van der Waals surface area contributed by atoms with Crippen LogP contribution in [-0.2, 0) is 14.8 Å². The minimum atomic E-state index is -3.89. The lowest BCUT2D eigenvalue weighted by molar-refractivity contribution is -0.121. The average Bonchev–Trinajstić information content (AvgIpc) is 2.88. The Bertz CT molecular complexity index is 706. The molecule has 0 radical (unpaired) electrons. The van der Waals surface area contributed by atoms with Crippen LogP contribution in [0.15, 0.2) is 23.1 Å². The molecule has 1 amide bonds. The quantitative estimate of drug-likeness (QED) is 0.776. The molecule has 1 aliphatic rings. The molecule has 114 valence electrons. The molecule has 0 saturated carbocycles. The summed E-state index contributed by atoms with van der Waals surface area (Å²) in [7, 11) is -3.89. The van der Waals surface area contributed by atoms with E-state index in [0.717, 1.165) is 4.31 Å². The summed E-state index contributed by atoms with van der Waals surface area (Å²) in [6.07, 6.45) is 0.993. The Kier molecular flexibility index (Phi) is 4.52. The van der Waals surface area contributed by atoms with E-state index in [2.05, 4.69) is 0 Å². The average molecular weight is 348 g/mol. The maximum atomic E-state index is 12.6. The van der Waals surface area contributed by atoms with Gasteiger partial charge in [0.15, 0.2) is 0 Å². The standard InChI is InChI=1S/C12H14ClN3O3S2/c13-8-6-7(12(15)20)3-4-10(8)21(18,19)16-5-1-2-9(16)11(14)17/h3-4,6,9H,1-2,5H2,(H2,14,17)(H2,15,20). The number of primary amides is 1. The van der Waals surface area contributed by atoms with Crippen molar-refractivity contribution in [1.82, 2.24) is 4.31 Å². The van der Waals surface area contributed by atoms with Gasteiger partial charge in [-0.15, -0.1) is 0 Å². The number of benzene rings is 1. The fourth-order valence-corrected chi connectivity index (χ4v) is 4.61. The van der Waals surface area contributed by atoms with E-state index in [0.29, 0.717) is 18.4 Å². The van der Waals surface area contributed by atoms with Crippen LogP contribution in [-0.4, -0.2) is 36.2 Å². The van der Waals surface area contributed by atoms with Crippen LogP contribution >= 0.6 is 23.8 Å². The van der Waals surface area contributed by atoms with Crippen LogP contribution in [0.4, 0.5) is 0 Å². The Morgan fingerprint density at radius 2 is 2.05 bits per heavy atom. The van der Waals surface area contributed by atoms with E-state index in [9.17, 15) is 13.2 Å². The third-order valence-corrected chi connectivity index (χ3v) is 5.96. The first kappa shape index (κ1) is 16.2. The van der Waals surface area contributed by atoms with Crippen LogP contribution in [0, 0.1) is 0 Å². The van der Waals surface area contributed by atoms with Crippen LogP contribution < -0.4 is 11.5 Å². The molecule has 2 rings (SSSR count). The first-order valence-corrected chi connectivity index (χ1v) is 8.38. The normalized spacial score (nSPS) is 19.6. The summed E-state index contributed by atoms with van der Waals surface area (Å²) in [6, 6.07) is 3.38. The van der Waals surface area contributed by atoms with Crippen LogP contribution in [0.1, 0.15) is 18.4 Å². The van der Waals surface area contributed by atoms with E-state index >= 15 is 0 Å². The molecule has 1 fully saturated rings. The van der Waals surface area contributed by atoms with E-state index < -0.39 is 22.0 Å². The number of halogens is 1. The summed E-state index contributed by atoms with van der Waals surface area (Å²) in [4.78, 5) is 11.4. The number of carbonyl (C=O) groups is 1. The summed E-state index contributed by atoms with van der Waals surface area (Å²) in [5, 5.41) is 0.00965. The number of nitrogens with two attached hydrogens (primary N) is 2. The highest BCUT2D eigenvalue weighted by Gasteiger charge is 2.39. The van der Waals surface area contributed by atoms with E-state index in [1.807, 2.05) is 0 Å². The van der Waals surface area contributed by atoms with Gasteiger partial charge in [0.2, 0.25) is 15.9 Å². The Morgan fingerprint density at radius 3 is 2.57 bits per heavy atom. The highest BCUT2D eigenvalue weighted by Crippen LogP contribution is 2.30. The molecular weight excluding hydrogens is 334 g/mol. The minimum Gasteiger partial charge on any atom is -0.389 e. The van der Waals surface area contributed by atoms with Gasteiger partial charge in [-0.1, -0.05) is 29.9 Å². The lowest BCUT2D eigenvalue weighted by Crippen LogP contribution is -2.43. The van der Waals surface area contributed by atoms with Gasteiger partial charge in [0.05, 0.1) is 5.02 Å². The highest BCUT2D eigenvalue weighted by atomic mass is 35.5. The lowest BCUT2D eigenvalue weighted by Gasteiger charge is -2.22. The van der Waals surface area contributed by atoms with Crippen LogP contribution in [0.5, 0.6) is 0 Å². The second-order valence-corrected chi connectivity index (χ2v) is 7.39.